The van der Waals surface area contributed by atoms with Crippen molar-refractivity contribution in [1.29, 1.82) is 0 Å². The van der Waals surface area contributed by atoms with E-state index in [2.05, 4.69) is 38.1 Å². The van der Waals surface area contributed by atoms with Crippen LogP contribution in [-0.4, -0.2) is 12.2 Å². The molecule has 2 bridgehead atoms. The van der Waals surface area contributed by atoms with Gasteiger partial charge in [-0.2, -0.15) is 0 Å². The highest BCUT2D eigenvalue weighted by molar-refractivity contribution is 5.39. The summed E-state index contributed by atoms with van der Waals surface area (Å²) >= 11 is 0. The molecule has 0 N–H and O–H groups in total. The van der Waals surface area contributed by atoms with Gasteiger partial charge in [-0.15, -0.1) is 0 Å². The molecule has 0 radical (unpaired) electrons. The molecule has 2 fully saturated rings. The van der Waals surface area contributed by atoms with Gasteiger partial charge < -0.3 is 9.47 Å². The lowest BCUT2D eigenvalue weighted by Crippen LogP contribution is -2.56. The molecule has 18 heavy (non-hydrogen) atoms. The number of ether oxygens (including phenoxy) is 2. The van der Waals surface area contributed by atoms with Gasteiger partial charge >= 0.3 is 0 Å². The SMILES string of the molecule is C[C@H]1C[C@]2(C)Oc3ccccc3[C@H]3OC[C@H]1C[C@@H]32. The van der Waals surface area contributed by atoms with Gasteiger partial charge in [0.25, 0.3) is 0 Å². The molecule has 1 saturated carbocycles. The molecule has 0 spiro atoms. The number of fused-ring (bicyclic) bond motifs is 3. The Morgan fingerprint density at radius 2 is 2.11 bits per heavy atom. The first kappa shape index (κ1) is 10.9. The van der Waals surface area contributed by atoms with Crippen LogP contribution in [0.2, 0.25) is 0 Å². The molecule has 2 nitrogen and oxygen atoms in total. The van der Waals surface area contributed by atoms with Crippen molar-refractivity contribution >= 4 is 0 Å². The van der Waals surface area contributed by atoms with Gasteiger partial charge in [-0.05, 0) is 37.7 Å². The highest BCUT2D eigenvalue weighted by Crippen LogP contribution is 2.56. The predicted molar refractivity (Wildman–Crippen MR) is 69.5 cm³/mol. The van der Waals surface area contributed by atoms with Gasteiger partial charge in [0.15, 0.2) is 0 Å². The number of rotatable bonds is 0. The van der Waals surface area contributed by atoms with Crippen LogP contribution in [0.25, 0.3) is 0 Å². The maximum absolute atomic E-state index is 6.37. The minimum Gasteiger partial charge on any atom is -0.487 e. The maximum Gasteiger partial charge on any atom is 0.125 e. The summed E-state index contributed by atoms with van der Waals surface area (Å²) in [4.78, 5) is 0. The normalized spacial score (nSPS) is 45.0. The molecule has 0 unspecified atom stereocenters. The molecule has 2 heteroatoms. The molecular formula is C16H20O2. The number of benzene rings is 1. The Labute approximate surface area is 108 Å². The molecule has 1 aromatic rings. The standard InChI is InChI=1S/C16H20O2/c1-10-8-16(2)13-7-11(10)9-17-15(13)12-5-3-4-6-14(12)18-16/h3-6,10-11,13,15H,7-9H2,1-2H3/t10-,11+,13-,15+,16-/m0/s1. The van der Waals surface area contributed by atoms with E-state index in [4.69, 9.17) is 9.47 Å². The lowest BCUT2D eigenvalue weighted by molar-refractivity contribution is -0.184. The first-order chi connectivity index (χ1) is 8.67. The van der Waals surface area contributed by atoms with E-state index in [0.717, 1.165) is 24.7 Å². The van der Waals surface area contributed by atoms with Crippen molar-refractivity contribution in [3.63, 3.8) is 0 Å². The zero-order chi connectivity index (χ0) is 12.3. The Bertz CT molecular complexity index is 484. The Hall–Kier alpha value is -1.02. The van der Waals surface area contributed by atoms with E-state index in [1.807, 2.05) is 0 Å². The zero-order valence-corrected chi connectivity index (χ0v) is 11.1. The van der Waals surface area contributed by atoms with Crippen molar-refractivity contribution in [1.82, 2.24) is 0 Å². The van der Waals surface area contributed by atoms with Crippen molar-refractivity contribution < 1.29 is 9.47 Å². The monoisotopic (exact) mass is 244 g/mol. The highest BCUT2D eigenvalue weighted by Gasteiger charge is 2.54. The second kappa shape index (κ2) is 3.51. The summed E-state index contributed by atoms with van der Waals surface area (Å²) < 4.78 is 12.6. The minimum absolute atomic E-state index is 0.0324. The lowest BCUT2D eigenvalue weighted by atomic mass is 9.62. The van der Waals surface area contributed by atoms with Gasteiger partial charge in [0.1, 0.15) is 11.4 Å². The number of para-hydroxylation sites is 1. The summed E-state index contributed by atoms with van der Waals surface area (Å²) in [7, 11) is 0. The predicted octanol–water partition coefficient (Wildman–Crippen LogP) is 3.57. The van der Waals surface area contributed by atoms with Gasteiger partial charge in [0.05, 0.1) is 12.7 Å². The quantitative estimate of drug-likeness (QED) is 0.694. The van der Waals surface area contributed by atoms with Crippen molar-refractivity contribution in [3.05, 3.63) is 29.8 Å². The Morgan fingerprint density at radius 1 is 1.28 bits per heavy atom. The van der Waals surface area contributed by atoms with Crippen LogP contribution in [0.1, 0.15) is 38.4 Å². The maximum atomic E-state index is 6.37. The summed E-state index contributed by atoms with van der Waals surface area (Å²) in [6, 6.07) is 8.40. The van der Waals surface area contributed by atoms with Crippen LogP contribution in [0.3, 0.4) is 0 Å². The van der Waals surface area contributed by atoms with Crippen molar-refractivity contribution in [2.45, 2.75) is 38.4 Å². The molecule has 0 amide bonds. The lowest BCUT2D eigenvalue weighted by Gasteiger charge is -2.55. The first-order valence-corrected chi connectivity index (χ1v) is 7.07. The van der Waals surface area contributed by atoms with Crippen LogP contribution in [0.15, 0.2) is 24.3 Å². The number of hydrogen-bond donors (Lipinski definition) is 0. The molecule has 5 atom stereocenters. The fraction of sp³-hybridized carbons (Fsp3) is 0.625. The largest absolute Gasteiger partial charge is 0.487 e. The van der Waals surface area contributed by atoms with E-state index in [-0.39, 0.29) is 11.7 Å². The highest BCUT2D eigenvalue weighted by atomic mass is 16.5. The van der Waals surface area contributed by atoms with Gasteiger partial charge in [-0.25, -0.2) is 0 Å². The summed E-state index contributed by atoms with van der Waals surface area (Å²) in [6.45, 7) is 5.55. The molecule has 2 heterocycles. The second-order valence-electron chi connectivity index (χ2n) is 6.49. The van der Waals surface area contributed by atoms with E-state index in [0.29, 0.717) is 11.8 Å². The van der Waals surface area contributed by atoms with Crippen LogP contribution >= 0.6 is 0 Å². The van der Waals surface area contributed by atoms with Crippen molar-refractivity contribution in [3.8, 4) is 5.75 Å². The number of hydrogen-bond acceptors (Lipinski definition) is 2. The third-order valence-corrected chi connectivity index (χ3v) is 5.30. The molecular weight excluding hydrogens is 224 g/mol. The van der Waals surface area contributed by atoms with Gasteiger partial charge in [-0.1, -0.05) is 25.1 Å². The second-order valence-corrected chi connectivity index (χ2v) is 6.49. The van der Waals surface area contributed by atoms with E-state index in [1.165, 1.54) is 12.0 Å². The molecule has 1 saturated heterocycles. The molecule has 0 aromatic heterocycles. The molecule has 2 aliphatic heterocycles. The molecule has 1 aromatic carbocycles. The van der Waals surface area contributed by atoms with Crippen LogP contribution in [0.5, 0.6) is 5.75 Å². The summed E-state index contributed by atoms with van der Waals surface area (Å²) in [5.41, 5.74) is 1.23. The average molecular weight is 244 g/mol. The first-order valence-electron chi connectivity index (χ1n) is 7.07. The Morgan fingerprint density at radius 3 is 3.00 bits per heavy atom. The van der Waals surface area contributed by atoms with Crippen LogP contribution < -0.4 is 4.74 Å². The molecule has 96 valence electrons. The minimum atomic E-state index is -0.0324. The van der Waals surface area contributed by atoms with Gasteiger partial charge in [-0.3, -0.25) is 0 Å². The Kier molecular flexibility index (Phi) is 2.12. The Balaban J connectivity index is 1.83. The molecule has 1 aliphatic carbocycles. The third-order valence-electron chi connectivity index (χ3n) is 5.30. The van der Waals surface area contributed by atoms with Gasteiger partial charge in [0, 0.05) is 11.5 Å². The van der Waals surface area contributed by atoms with Crippen LogP contribution in [-0.2, 0) is 4.74 Å². The van der Waals surface area contributed by atoms with Crippen LogP contribution in [0.4, 0.5) is 0 Å². The van der Waals surface area contributed by atoms with Crippen molar-refractivity contribution in [2.24, 2.45) is 17.8 Å². The van der Waals surface area contributed by atoms with E-state index in [1.54, 1.807) is 0 Å². The molecule has 3 aliphatic rings. The summed E-state index contributed by atoms with van der Waals surface area (Å²) in [5.74, 6) is 3.00. The zero-order valence-electron chi connectivity index (χ0n) is 11.1. The topological polar surface area (TPSA) is 18.5 Å². The fourth-order valence-corrected chi connectivity index (χ4v) is 4.27. The van der Waals surface area contributed by atoms with Gasteiger partial charge in [0.2, 0.25) is 0 Å². The summed E-state index contributed by atoms with van der Waals surface area (Å²) in [6.07, 6.45) is 2.68. The third kappa shape index (κ3) is 1.33. The molecule has 4 rings (SSSR count). The van der Waals surface area contributed by atoms with E-state index >= 15 is 0 Å². The van der Waals surface area contributed by atoms with E-state index < -0.39 is 0 Å². The smallest absolute Gasteiger partial charge is 0.125 e. The fourth-order valence-electron chi connectivity index (χ4n) is 4.27. The van der Waals surface area contributed by atoms with Crippen LogP contribution in [0, 0.1) is 17.8 Å². The average Bonchev–Trinajstić information content (AvgIpc) is 2.37. The summed E-state index contributed by atoms with van der Waals surface area (Å²) in [5, 5.41) is 0. The van der Waals surface area contributed by atoms with Crippen molar-refractivity contribution in [2.75, 3.05) is 6.61 Å². The van der Waals surface area contributed by atoms with E-state index in [9.17, 15) is 0 Å².